The SMILES string of the molecule is CC(=C1C=C(C(C)(C)C)OC(C(C)(C)C)=C1)C1C([O-])C(C=C2N(C)c3ccccc3C2(C)C)C1[O-]. The number of ether oxygens (including phenoxy) is 1. The Balaban J connectivity index is 1.67. The van der Waals surface area contributed by atoms with Crippen molar-refractivity contribution >= 4 is 5.69 Å². The van der Waals surface area contributed by atoms with E-state index in [9.17, 15) is 10.2 Å². The van der Waals surface area contributed by atoms with Gasteiger partial charge in [-0.2, -0.15) is 0 Å². The highest BCUT2D eigenvalue weighted by Crippen LogP contribution is 2.49. The highest BCUT2D eigenvalue weighted by molar-refractivity contribution is 5.69. The maximum atomic E-state index is 13.5. The van der Waals surface area contributed by atoms with E-state index in [-0.39, 0.29) is 16.2 Å². The maximum Gasteiger partial charge on any atom is 0.110 e. The fraction of sp³-hybridized carbons (Fsp3) is 0.548. The molecular weight excluding hydrogens is 434 g/mol. The molecule has 4 heteroatoms. The second-order valence-electron chi connectivity index (χ2n) is 13.0. The number of nitrogens with zero attached hydrogens (tertiary/aromatic N) is 1. The Hall–Kier alpha value is -2.30. The molecule has 0 aromatic heterocycles. The first-order chi connectivity index (χ1) is 16.0. The Labute approximate surface area is 211 Å². The van der Waals surface area contributed by atoms with Crippen LogP contribution in [0.2, 0.25) is 0 Å². The van der Waals surface area contributed by atoms with E-state index in [4.69, 9.17) is 4.74 Å². The topological polar surface area (TPSA) is 58.6 Å². The molecule has 2 heterocycles. The molecule has 4 nitrogen and oxygen atoms in total. The second-order valence-corrected chi connectivity index (χ2v) is 13.0. The molecule has 35 heavy (non-hydrogen) atoms. The minimum Gasteiger partial charge on any atom is -0.851 e. The molecular formula is C31H41NO3-2. The number of hydrogen-bond acceptors (Lipinski definition) is 4. The lowest BCUT2D eigenvalue weighted by Crippen LogP contribution is -2.67. The Morgan fingerprint density at radius 3 is 1.94 bits per heavy atom. The van der Waals surface area contributed by atoms with Gasteiger partial charge in [0.2, 0.25) is 0 Å². The van der Waals surface area contributed by atoms with Gasteiger partial charge in [-0.25, -0.2) is 0 Å². The van der Waals surface area contributed by atoms with E-state index in [2.05, 4.69) is 72.4 Å². The van der Waals surface area contributed by atoms with Crippen LogP contribution < -0.4 is 15.1 Å². The van der Waals surface area contributed by atoms with Crippen molar-refractivity contribution in [3.8, 4) is 0 Å². The molecule has 1 fully saturated rings. The van der Waals surface area contributed by atoms with Crippen LogP contribution in [0.1, 0.15) is 67.9 Å². The van der Waals surface area contributed by atoms with Gasteiger partial charge in [0, 0.05) is 34.7 Å². The number of rotatable bonds is 2. The van der Waals surface area contributed by atoms with E-state index in [0.717, 1.165) is 34.0 Å². The molecule has 2 aliphatic heterocycles. The van der Waals surface area contributed by atoms with Crippen LogP contribution in [-0.2, 0) is 10.2 Å². The Bertz CT molecular complexity index is 1090. The Kier molecular flexibility index (Phi) is 6.18. The molecule has 0 amide bonds. The molecule has 3 aliphatic rings. The summed E-state index contributed by atoms with van der Waals surface area (Å²) < 4.78 is 6.27. The van der Waals surface area contributed by atoms with Gasteiger partial charge in [-0.1, -0.05) is 85.2 Å². The summed E-state index contributed by atoms with van der Waals surface area (Å²) in [5, 5.41) is 27.0. The summed E-state index contributed by atoms with van der Waals surface area (Å²) in [5.74, 6) is 0.680. The number of para-hydroxylation sites is 1. The summed E-state index contributed by atoms with van der Waals surface area (Å²) in [6, 6.07) is 8.31. The fourth-order valence-electron chi connectivity index (χ4n) is 5.53. The molecule has 1 saturated carbocycles. The van der Waals surface area contributed by atoms with Gasteiger partial charge in [0.1, 0.15) is 11.5 Å². The summed E-state index contributed by atoms with van der Waals surface area (Å²) in [7, 11) is 2.03. The molecule has 0 N–H and O–H groups in total. The van der Waals surface area contributed by atoms with Gasteiger partial charge in [0.05, 0.1) is 0 Å². The molecule has 1 aromatic carbocycles. The van der Waals surface area contributed by atoms with Crippen LogP contribution in [0, 0.1) is 22.7 Å². The van der Waals surface area contributed by atoms with E-state index < -0.39 is 24.0 Å². The summed E-state index contributed by atoms with van der Waals surface area (Å²) in [4.78, 5) is 2.14. The molecule has 4 rings (SSSR count). The quantitative estimate of drug-likeness (QED) is 0.589. The highest BCUT2D eigenvalue weighted by atomic mass is 16.5. The van der Waals surface area contributed by atoms with E-state index in [1.54, 1.807) is 0 Å². The normalized spacial score (nSPS) is 29.3. The maximum absolute atomic E-state index is 13.5. The Morgan fingerprint density at radius 2 is 1.46 bits per heavy atom. The number of anilines is 1. The largest absolute Gasteiger partial charge is 0.851 e. The average molecular weight is 476 g/mol. The molecule has 0 spiro atoms. The molecule has 0 radical (unpaired) electrons. The van der Waals surface area contributed by atoms with Gasteiger partial charge in [-0.05, 0) is 48.1 Å². The van der Waals surface area contributed by atoms with Crippen LogP contribution >= 0.6 is 0 Å². The predicted octanol–water partition coefficient (Wildman–Crippen LogP) is 5.21. The van der Waals surface area contributed by atoms with E-state index in [1.807, 2.05) is 44.3 Å². The van der Waals surface area contributed by atoms with Crippen LogP contribution in [0.25, 0.3) is 0 Å². The van der Waals surface area contributed by atoms with Gasteiger partial charge >= 0.3 is 0 Å². The molecule has 1 aromatic rings. The summed E-state index contributed by atoms with van der Waals surface area (Å²) in [6.07, 6.45) is 4.12. The first-order valence-electron chi connectivity index (χ1n) is 12.8. The molecule has 1 aliphatic carbocycles. The Morgan fingerprint density at radius 1 is 0.943 bits per heavy atom. The average Bonchev–Trinajstić information content (AvgIpc) is 2.96. The zero-order valence-electron chi connectivity index (χ0n) is 23.0. The van der Waals surface area contributed by atoms with Crippen molar-refractivity contribution < 1.29 is 14.9 Å². The lowest BCUT2D eigenvalue weighted by molar-refractivity contribution is -0.551. The minimum atomic E-state index is -0.953. The second kappa shape index (κ2) is 8.38. The molecule has 0 saturated heterocycles. The van der Waals surface area contributed by atoms with Crippen molar-refractivity contribution in [3.05, 3.63) is 76.4 Å². The number of allylic oxidation sites excluding steroid dienone is 6. The van der Waals surface area contributed by atoms with Crippen LogP contribution in [0.5, 0.6) is 0 Å². The van der Waals surface area contributed by atoms with Crippen molar-refractivity contribution in [2.45, 2.75) is 79.9 Å². The number of hydrogen-bond donors (Lipinski definition) is 0. The van der Waals surface area contributed by atoms with Crippen LogP contribution in [0.4, 0.5) is 5.69 Å². The lowest BCUT2D eigenvalue weighted by atomic mass is 9.64. The number of benzene rings is 1. The molecule has 190 valence electrons. The van der Waals surface area contributed by atoms with Crippen LogP contribution in [-0.4, -0.2) is 19.3 Å². The third kappa shape index (κ3) is 4.29. The van der Waals surface area contributed by atoms with Crippen LogP contribution in [0.15, 0.2) is 70.9 Å². The zero-order chi connectivity index (χ0) is 26.1. The smallest absolute Gasteiger partial charge is 0.110 e. The monoisotopic (exact) mass is 475 g/mol. The third-order valence-corrected chi connectivity index (χ3v) is 7.98. The molecule has 2 atom stereocenters. The number of likely N-dealkylation sites (N-methyl/N-ethyl adjacent to an activating group) is 1. The van der Waals surface area contributed by atoms with E-state index >= 15 is 0 Å². The van der Waals surface area contributed by atoms with Crippen molar-refractivity contribution in [2.24, 2.45) is 22.7 Å². The van der Waals surface area contributed by atoms with E-state index in [1.165, 1.54) is 5.56 Å². The standard InChI is InChI=1S/C31H41NO3/c1-18(19-15-24(29(2,3)4)35-25(16-19)30(5,6)7)26-27(33)20(28(26)34)17-23-31(8,9)21-13-11-12-14-22(21)32(23)10/h11-17,20,26-28H,1-10H3/q-2. The van der Waals surface area contributed by atoms with Gasteiger partial charge in [-0.3, -0.25) is 0 Å². The van der Waals surface area contributed by atoms with Gasteiger partial charge in [-0.15, -0.1) is 12.2 Å². The highest BCUT2D eigenvalue weighted by Gasteiger charge is 2.42. The fourth-order valence-corrected chi connectivity index (χ4v) is 5.53. The minimum absolute atomic E-state index is 0.176. The first-order valence-corrected chi connectivity index (χ1v) is 12.8. The van der Waals surface area contributed by atoms with Gasteiger partial charge < -0.3 is 19.8 Å². The molecule has 0 bridgehead atoms. The van der Waals surface area contributed by atoms with Crippen molar-refractivity contribution in [2.75, 3.05) is 11.9 Å². The van der Waals surface area contributed by atoms with Gasteiger partial charge in [0.25, 0.3) is 0 Å². The van der Waals surface area contributed by atoms with Crippen LogP contribution in [0.3, 0.4) is 0 Å². The van der Waals surface area contributed by atoms with Gasteiger partial charge in [0.15, 0.2) is 0 Å². The lowest BCUT2D eigenvalue weighted by Gasteiger charge is -2.61. The van der Waals surface area contributed by atoms with Crippen molar-refractivity contribution in [3.63, 3.8) is 0 Å². The van der Waals surface area contributed by atoms with Crippen molar-refractivity contribution in [1.29, 1.82) is 0 Å². The predicted molar refractivity (Wildman–Crippen MR) is 139 cm³/mol. The van der Waals surface area contributed by atoms with Crippen molar-refractivity contribution in [1.82, 2.24) is 0 Å². The summed E-state index contributed by atoms with van der Waals surface area (Å²) in [6.45, 7) is 19.0. The number of fused-ring (bicyclic) bond motifs is 1. The third-order valence-electron chi connectivity index (χ3n) is 7.98. The molecule has 2 unspecified atom stereocenters. The summed E-state index contributed by atoms with van der Waals surface area (Å²) >= 11 is 0. The summed E-state index contributed by atoms with van der Waals surface area (Å²) in [5.41, 5.74) is 4.67. The first kappa shape index (κ1) is 25.8. The van der Waals surface area contributed by atoms with E-state index in [0.29, 0.717) is 0 Å². The zero-order valence-corrected chi connectivity index (χ0v) is 23.0.